The van der Waals surface area contributed by atoms with Crippen LogP contribution >= 0.6 is 11.6 Å². The Morgan fingerprint density at radius 3 is 2.53 bits per heavy atom. The highest BCUT2D eigenvalue weighted by Crippen LogP contribution is 2.43. The van der Waals surface area contributed by atoms with Crippen LogP contribution in [0.4, 0.5) is 24.0 Å². The largest absolute Gasteiger partial charge is 0.465 e. The fourth-order valence-electron chi connectivity index (χ4n) is 4.38. The topological polar surface area (TPSA) is 87.6 Å². The monoisotopic (exact) mass is 441 g/mol. The van der Waals surface area contributed by atoms with Crippen LogP contribution in [0.2, 0.25) is 5.02 Å². The van der Waals surface area contributed by atoms with E-state index in [0.29, 0.717) is 25.9 Å². The molecule has 1 aromatic carbocycles. The van der Waals surface area contributed by atoms with Crippen molar-refractivity contribution >= 4 is 34.8 Å². The average molecular weight is 442 g/mol. The minimum absolute atomic E-state index is 0.00751. The Kier molecular flexibility index (Phi) is 4.14. The van der Waals surface area contributed by atoms with Crippen molar-refractivity contribution in [2.24, 2.45) is 0 Å². The number of benzene rings is 1. The summed E-state index contributed by atoms with van der Waals surface area (Å²) in [5.41, 5.74) is -1.32. The Hall–Kier alpha value is -2.95. The lowest BCUT2D eigenvalue weighted by molar-refractivity contribution is -0.136. The van der Waals surface area contributed by atoms with E-state index in [9.17, 15) is 23.1 Å². The zero-order valence-electron chi connectivity index (χ0n) is 15.3. The van der Waals surface area contributed by atoms with Crippen LogP contribution in [0, 0.1) is 0 Å². The van der Waals surface area contributed by atoms with Crippen molar-refractivity contribution in [3.05, 3.63) is 35.1 Å². The van der Waals surface area contributed by atoms with Gasteiger partial charge in [-0.3, -0.25) is 4.90 Å². The minimum Gasteiger partial charge on any atom is -0.465 e. The van der Waals surface area contributed by atoms with Crippen molar-refractivity contribution in [1.29, 1.82) is 0 Å². The van der Waals surface area contributed by atoms with Crippen LogP contribution in [0.3, 0.4) is 0 Å². The minimum atomic E-state index is -4.73. The second-order valence-electron chi connectivity index (χ2n) is 7.35. The molecule has 0 aliphatic carbocycles. The molecule has 2 aliphatic heterocycles. The molecule has 4 heterocycles. The van der Waals surface area contributed by atoms with Crippen LogP contribution in [0.15, 0.2) is 28.9 Å². The van der Waals surface area contributed by atoms with Gasteiger partial charge in [0.25, 0.3) is 6.01 Å². The molecule has 2 unspecified atom stereocenters. The lowest BCUT2D eigenvalue weighted by atomic mass is 10.1. The van der Waals surface area contributed by atoms with E-state index < -0.39 is 28.4 Å². The van der Waals surface area contributed by atoms with E-state index in [1.807, 2.05) is 0 Å². The zero-order chi connectivity index (χ0) is 21.2. The highest BCUT2D eigenvalue weighted by molar-refractivity contribution is 6.32. The van der Waals surface area contributed by atoms with E-state index in [1.54, 1.807) is 17.2 Å². The normalized spacial score (nSPS) is 21.6. The summed E-state index contributed by atoms with van der Waals surface area (Å²) in [6.07, 6.45) is -1.30. The quantitative estimate of drug-likeness (QED) is 0.646. The number of amides is 1. The van der Waals surface area contributed by atoms with Gasteiger partial charge in [-0.1, -0.05) is 11.6 Å². The van der Waals surface area contributed by atoms with Gasteiger partial charge in [0.1, 0.15) is 16.8 Å². The summed E-state index contributed by atoms with van der Waals surface area (Å²) in [5, 5.41) is 13.0. The maximum Gasteiger partial charge on any atom is 0.420 e. The van der Waals surface area contributed by atoms with Crippen LogP contribution in [-0.4, -0.2) is 56.0 Å². The number of carbonyl (C=O) groups is 1. The third-order valence-electron chi connectivity index (χ3n) is 5.60. The Labute approximate surface area is 172 Å². The molecule has 0 spiro atoms. The Bertz CT molecular complexity index is 1120. The molecular formula is C18H15ClF3N5O3. The molecule has 158 valence electrons. The summed E-state index contributed by atoms with van der Waals surface area (Å²) < 4.78 is 48.3. The number of hydrogen-bond donors (Lipinski definition) is 1. The Morgan fingerprint density at radius 2 is 1.97 bits per heavy atom. The summed E-state index contributed by atoms with van der Waals surface area (Å²) in [7, 11) is 0. The first-order valence-corrected chi connectivity index (χ1v) is 9.58. The van der Waals surface area contributed by atoms with Gasteiger partial charge in [0.2, 0.25) is 0 Å². The molecule has 2 saturated heterocycles. The number of anilines is 1. The zero-order valence-corrected chi connectivity index (χ0v) is 16.1. The molecule has 2 aliphatic rings. The number of halogens is 4. The molecule has 2 aromatic heterocycles. The third kappa shape index (κ3) is 2.87. The van der Waals surface area contributed by atoms with Gasteiger partial charge in [-0.2, -0.15) is 23.3 Å². The standard InChI is InChI=1S/C18H15ClF3N5O3/c19-11-6-12(26-5-1-4-23-26)15-14(13(11)18(20,21)22)24-16(30-15)25-7-9-2-3-10(8-25)27(9)17(28)29/h1,4-6,9-10H,2-3,7-8H2,(H,28,29). The summed E-state index contributed by atoms with van der Waals surface area (Å²) in [6, 6.07) is 2.27. The number of alkyl halides is 3. The molecule has 8 nitrogen and oxygen atoms in total. The molecule has 1 amide bonds. The summed E-state index contributed by atoms with van der Waals surface area (Å²) in [5.74, 6) is 0. The van der Waals surface area contributed by atoms with E-state index in [4.69, 9.17) is 16.0 Å². The predicted octanol–water partition coefficient (Wildman–Crippen LogP) is 4.02. The Balaban J connectivity index is 1.63. The van der Waals surface area contributed by atoms with E-state index in [1.165, 1.54) is 15.8 Å². The SMILES string of the molecule is O=C(O)N1C2CCC1CN(c1nc3c(C(F)(F)F)c(Cl)cc(-n4cccn4)c3o1)C2. The lowest BCUT2D eigenvalue weighted by Gasteiger charge is -2.38. The van der Waals surface area contributed by atoms with Gasteiger partial charge in [0, 0.05) is 25.5 Å². The molecular weight excluding hydrogens is 427 g/mol. The molecule has 5 rings (SSSR count). The Morgan fingerprint density at radius 1 is 1.27 bits per heavy atom. The number of carboxylic acid groups (broad SMARTS) is 1. The van der Waals surface area contributed by atoms with Crippen molar-refractivity contribution in [3.63, 3.8) is 0 Å². The van der Waals surface area contributed by atoms with Gasteiger partial charge in [0.15, 0.2) is 5.58 Å². The van der Waals surface area contributed by atoms with Crippen molar-refractivity contribution in [3.8, 4) is 5.69 Å². The second-order valence-corrected chi connectivity index (χ2v) is 7.76. The van der Waals surface area contributed by atoms with Crippen molar-refractivity contribution in [1.82, 2.24) is 19.7 Å². The number of fused-ring (bicyclic) bond motifs is 3. The first-order valence-electron chi connectivity index (χ1n) is 9.20. The van der Waals surface area contributed by atoms with Crippen LogP contribution < -0.4 is 4.90 Å². The number of aromatic nitrogens is 3. The van der Waals surface area contributed by atoms with Gasteiger partial charge < -0.3 is 14.4 Å². The number of nitrogens with zero attached hydrogens (tertiary/aromatic N) is 5. The molecule has 30 heavy (non-hydrogen) atoms. The fraction of sp³-hybridized carbons (Fsp3) is 0.389. The van der Waals surface area contributed by atoms with Gasteiger partial charge in [-0.15, -0.1) is 0 Å². The molecule has 0 radical (unpaired) electrons. The number of piperazine rings is 1. The third-order valence-corrected chi connectivity index (χ3v) is 5.89. The first kappa shape index (κ1) is 19.0. The highest BCUT2D eigenvalue weighted by Gasteiger charge is 2.44. The molecule has 2 atom stereocenters. The van der Waals surface area contributed by atoms with Gasteiger partial charge in [-0.25, -0.2) is 9.48 Å². The second kappa shape index (κ2) is 6.53. The van der Waals surface area contributed by atoms with Crippen molar-refractivity contribution in [2.45, 2.75) is 31.1 Å². The van der Waals surface area contributed by atoms with Crippen LogP contribution in [0.25, 0.3) is 16.8 Å². The van der Waals surface area contributed by atoms with E-state index >= 15 is 0 Å². The van der Waals surface area contributed by atoms with Gasteiger partial charge >= 0.3 is 12.3 Å². The molecule has 0 saturated carbocycles. The maximum atomic E-state index is 13.7. The molecule has 3 aromatic rings. The smallest absolute Gasteiger partial charge is 0.420 e. The first-order chi connectivity index (χ1) is 14.2. The summed E-state index contributed by atoms with van der Waals surface area (Å²) in [6.45, 7) is 0.587. The van der Waals surface area contributed by atoms with Crippen molar-refractivity contribution < 1.29 is 27.5 Å². The van der Waals surface area contributed by atoms with Crippen LogP contribution in [-0.2, 0) is 6.18 Å². The molecule has 2 fully saturated rings. The highest BCUT2D eigenvalue weighted by atomic mass is 35.5. The van der Waals surface area contributed by atoms with Crippen LogP contribution in [0.1, 0.15) is 18.4 Å². The number of oxazole rings is 1. The van der Waals surface area contributed by atoms with Crippen LogP contribution in [0.5, 0.6) is 0 Å². The van der Waals surface area contributed by atoms with E-state index in [0.717, 1.165) is 6.07 Å². The number of rotatable bonds is 2. The molecule has 12 heteroatoms. The lowest BCUT2D eigenvalue weighted by Crippen LogP contribution is -2.55. The van der Waals surface area contributed by atoms with Crippen molar-refractivity contribution in [2.75, 3.05) is 18.0 Å². The molecule has 2 bridgehead atoms. The van der Waals surface area contributed by atoms with E-state index in [-0.39, 0.29) is 29.4 Å². The molecule has 1 N–H and O–H groups in total. The maximum absolute atomic E-state index is 13.7. The average Bonchev–Trinajstić information content (AvgIpc) is 3.38. The van der Waals surface area contributed by atoms with E-state index in [2.05, 4.69) is 10.1 Å². The van der Waals surface area contributed by atoms with Gasteiger partial charge in [-0.05, 0) is 25.0 Å². The fourth-order valence-corrected chi connectivity index (χ4v) is 4.68. The predicted molar refractivity (Wildman–Crippen MR) is 100 cm³/mol. The number of hydrogen-bond acceptors (Lipinski definition) is 5. The summed E-state index contributed by atoms with van der Waals surface area (Å²) in [4.78, 5) is 18.7. The summed E-state index contributed by atoms with van der Waals surface area (Å²) >= 11 is 5.99. The van der Waals surface area contributed by atoms with Gasteiger partial charge in [0.05, 0.1) is 17.1 Å².